The number of carboxylic acids is 1. The van der Waals surface area contributed by atoms with E-state index in [1.807, 2.05) is 0 Å². The Balaban J connectivity index is 1.73. The number of nitrogens with zero attached hydrogens (tertiary/aromatic N) is 1. The zero-order valence-corrected chi connectivity index (χ0v) is 20.4. The molecule has 1 aliphatic rings. The van der Waals surface area contributed by atoms with E-state index in [0.29, 0.717) is 5.56 Å². The van der Waals surface area contributed by atoms with Gasteiger partial charge in [0.15, 0.2) is 0 Å². The van der Waals surface area contributed by atoms with E-state index in [9.17, 15) is 31.5 Å². The number of benzene rings is 2. The Morgan fingerprint density at radius 1 is 1.18 bits per heavy atom. The van der Waals surface area contributed by atoms with Crippen LogP contribution < -0.4 is 9.50 Å². The number of aliphatic carboxylic acids is 1. The molecule has 0 saturated carbocycles. The number of hydrogen-bond donors (Lipinski definition) is 3. The van der Waals surface area contributed by atoms with E-state index in [4.69, 9.17) is 16.2 Å². The first kappa shape index (κ1) is 26.2. The van der Waals surface area contributed by atoms with Crippen LogP contribution in [0.2, 0.25) is 5.02 Å². The molecule has 0 radical (unpaired) electrons. The van der Waals surface area contributed by atoms with Crippen LogP contribution in [0.15, 0.2) is 53.4 Å². The van der Waals surface area contributed by atoms with Gasteiger partial charge in [-0.3, -0.25) is 9.35 Å². The van der Waals surface area contributed by atoms with Crippen molar-refractivity contribution >= 4 is 55.7 Å². The molecule has 0 spiro atoms. The summed E-state index contributed by atoms with van der Waals surface area (Å²) in [7, 11) is -8.76. The Hall–Kier alpha value is -2.36. The first-order chi connectivity index (χ1) is 15.9. The summed E-state index contributed by atoms with van der Waals surface area (Å²) in [5.41, 5.74) is 0.416. The number of thioether (sulfide) groups is 1. The fourth-order valence-electron chi connectivity index (χ4n) is 3.14. The average Bonchev–Trinajstić information content (AvgIpc) is 3.24. The van der Waals surface area contributed by atoms with E-state index in [-0.39, 0.29) is 33.7 Å². The van der Waals surface area contributed by atoms with Gasteiger partial charge in [-0.25, -0.2) is 13.2 Å². The highest BCUT2D eigenvalue weighted by Crippen LogP contribution is 2.29. The number of halogens is 1. The van der Waals surface area contributed by atoms with Gasteiger partial charge in [-0.05, 0) is 35.9 Å². The maximum atomic E-state index is 13.0. The second kappa shape index (κ2) is 10.5. The normalized spacial score (nSPS) is 17.8. The fourth-order valence-corrected chi connectivity index (χ4v) is 6.94. The van der Waals surface area contributed by atoms with E-state index < -0.39 is 44.4 Å². The zero-order chi connectivity index (χ0) is 25.1. The number of rotatable bonds is 9. The molecule has 0 unspecified atom stereocenters. The molecule has 2 atom stereocenters. The highest BCUT2D eigenvalue weighted by Gasteiger charge is 2.41. The zero-order valence-electron chi connectivity index (χ0n) is 17.2. The van der Waals surface area contributed by atoms with Gasteiger partial charge in [0, 0.05) is 17.2 Å². The predicted octanol–water partition coefficient (Wildman–Crippen LogP) is 1.40. The molecule has 1 heterocycles. The van der Waals surface area contributed by atoms with Crippen LogP contribution in [-0.2, 0) is 36.4 Å². The van der Waals surface area contributed by atoms with Crippen LogP contribution >= 0.6 is 23.4 Å². The van der Waals surface area contributed by atoms with Gasteiger partial charge in [0.2, 0.25) is 15.9 Å². The number of carbonyl (C=O) groups excluding carboxylic acids is 1. The fraction of sp³-hybridized carbons (Fsp3) is 0.263. The third-order valence-corrected chi connectivity index (χ3v) is 8.39. The molecule has 184 valence electrons. The molecule has 1 saturated heterocycles. The topological polar surface area (TPSA) is 167 Å². The Kier molecular flexibility index (Phi) is 8.10. The van der Waals surface area contributed by atoms with Crippen molar-refractivity contribution in [2.24, 2.45) is 0 Å². The number of carbonyl (C=O) groups is 2. The van der Waals surface area contributed by atoms with Crippen molar-refractivity contribution in [3.05, 3.63) is 59.1 Å². The van der Waals surface area contributed by atoms with Crippen molar-refractivity contribution < 1.29 is 40.3 Å². The number of sulfonamides is 1. The summed E-state index contributed by atoms with van der Waals surface area (Å²) in [5.74, 6) is -2.15. The summed E-state index contributed by atoms with van der Waals surface area (Å²) in [5, 5.41) is 12.2. The lowest BCUT2D eigenvalue weighted by atomic mass is 10.1. The van der Waals surface area contributed by atoms with Gasteiger partial charge in [0.1, 0.15) is 17.8 Å². The third-order valence-electron chi connectivity index (χ3n) is 4.73. The van der Waals surface area contributed by atoms with Crippen molar-refractivity contribution in [2.45, 2.75) is 23.4 Å². The molecule has 34 heavy (non-hydrogen) atoms. The maximum Gasteiger partial charge on any atom is 0.446 e. The summed E-state index contributed by atoms with van der Waals surface area (Å²) in [6.45, 7) is 0. The molecule has 0 bridgehead atoms. The lowest BCUT2D eigenvalue weighted by Gasteiger charge is -2.24. The molecule has 3 rings (SSSR count). The highest BCUT2D eigenvalue weighted by molar-refractivity contribution is 8.00. The minimum atomic E-state index is -4.71. The van der Waals surface area contributed by atoms with Crippen molar-refractivity contribution in [1.29, 1.82) is 0 Å². The number of hydrogen-bond acceptors (Lipinski definition) is 8. The molecule has 3 N–H and O–H groups in total. The number of carboxylic acid groups (broad SMARTS) is 1. The molecule has 0 aromatic heterocycles. The van der Waals surface area contributed by atoms with Crippen LogP contribution in [0.4, 0.5) is 0 Å². The minimum absolute atomic E-state index is 0.0138. The highest BCUT2D eigenvalue weighted by atomic mass is 35.5. The molecule has 0 aliphatic carbocycles. The standard InChI is InChI=1S/C19H19ClN2O9S3/c20-13-2-1-3-15(9-13)33(26,27)22-11-32-10-17(22)18(23)21-16(19(24)25)8-12-4-6-14(7-5-12)31-34(28,29)30/h1-7,9,16-17H,8,10-11H2,(H,21,23)(H,24,25)(H,28,29,30)/t16-,17-/m0/s1. The summed E-state index contributed by atoms with van der Waals surface area (Å²) in [6.07, 6.45) is -0.172. The van der Waals surface area contributed by atoms with Crippen LogP contribution in [0.3, 0.4) is 0 Å². The summed E-state index contributed by atoms with van der Waals surface area (Å²) in [6, 6.07) is 8.24. The van der Waals surface area contributed by atoms with Crippen molar-refractivity contribution in [1.82, 2.24) is 9.62 Å². The molecular weight excluding hydrogens is 532 g/mol. The average molecular weight is 551 g/mol. The molecule has 15 heteroatoms. The Labute approximate surface area is 205 Å². The quantitative estimate of drug-likeness (QED) is 0.388. The van der Waals surface area contributed by atoms with Gasteiger partial charge >= 0.3 is 16.4 Å². The summed E-state index contributed by atoms with van der Waals surface area (Å²) < 4.78 is 61.6. The van der Waals surface area contributed by atoms with Crippen LogP contribution in [0, 0.1) is 0 Å². The molecule has 11 nitrogen and oxygen atoms in total. The largest absolute Gasteiger partial charge is 0.480 e. The van der Waals surface area contributed by atoms with E-state index in [1.54, 1.807) is 0 Å². The molecule has 1 fully saturated rings. The molecule has 2 aromatic carbocycles. The van der Waals surface area contributed by atoms with Crippen molar-refractivity contribution in [2.75, 3.05) is 11.6 Å². The van der Waals surface area contributed by atoms with Crippen LogP contribution in [-0.4, -0.2) is 66.4 Å². The van der Waals surface area contributed by atoms with E-state index in [0.717, 1.165) is 4.31 Å². The number of amides is 1. The Morgan fingerprint density at radius 3 is 2.44 bits per heavy atom. The monoisotopic (exact) mass is 550 g/mol. The van der Waals surface area contributed by atoms with Crippen LogP contribution in [0.1, 0.15) is 5.56 Å². The van der Waals surface area contributed by atoms with Gasteiger partial charge in [0.05, 0.1) is 10.8 Å². The van der Waals surface area contributed by atoms with E-state index in [1.165, 1.54) is 60.3 Å². The van der Waals surface area contributed by atoms with Gasteiger partial charge in [-0.1, -0.05) is 29.8 Å². The van der Waals surface area contributed by atoms with Gasteiger partial charge in [-0.2, -0.15) is 12.7 Å². The van der Waals surface area contributed by atoms with E-state index in [2.05, 4.69) is 9.50 Å². The predicted molar refractivity (Wildman–Crippen MR) is 123 cm³/mol. The molecular formula is C19H19ClN2O9S3. The Morgan fingerprint density at radius 2 is 1.85 bits per heavy atom. The SMILES string of the molecule is O=C(O)[C@H](Cc1ccc(OS(=O)(=O)O)cc1)NC(=O)[C@@H]1CSCN1S(=O)(=O)c1cccc(Cl)c1. The lowest BCUT2D eigenvalue weighted by molar-refractivity contribution is -0.142. The first-order valence-electron chi connectivity index (χ1n) is 9.51. The van der Waals surface area contributed by atoms with Crippen molar-refractivity contribution in [3.8, 4) is 5.75 Å². The van der Waals surface area contributed by atoms with Crippen LogP contribution in [0.5, 0.6) is 5.75 Å². The van der Waals surface area contributed by atoms with Gasteiger partial charge < -0.3 is 14.6 Å². The van der Waals surface area contributed by atoms with E-state index >= 15 is 0 Å². The van der Waals surface area contributed by atoms with Crippen LogP contribution in [0.25, 0.3) is 0 Å². The third kappa shape index (κ3) is 6.61. The molecule has 2 aromatic rings. The first-order valence-corrected chi connectivity index (χ1v) is 13.8. The smallest absolute Gasteiger partial charge is 0.446 e. The summed E-state index contributed by atoms with van der Waals surface area (Å²) >= 11 is 7.11. The lowest BCUT2D eigenvalue weighted by Crippen LogP contribution is -2.52. The minimum Gasteiger partial charge on any atom is -0.480 e. The number of nitrogens with one attached hydrogen (secondary N) is 1. The van der Waals surface area contributed by atoms with Gasteiger partial charge in [-0.15, -0.1) is 11.8 Å². The molecule has 1 amide bonds. The van der Waals surface area contributed by atoms with Gasteiger partial charge in [0.25, 0.3) is 0 Å². The molecule has 1 aliphatic heterocycles. The summed E-state index contributed by atoms with van der Waals surface area (Å²) in [4.78, 5) is 24.5. The maximum absolute atomic E-state index is 13.0. The van der Waals surface area contributed by atoms with Crippen molar-refractivity contribution in [3.63, 3.8) is 0 Å². The second-order valence-corrected chi connectivity index (χ2v) is 11.5. The second-order valence-electron chi connectivity index (χ2n) is 7.12. The Bertz CT molecular complexity index is 1280.